The van der Waals surface area contributed by atoms with Crippen LogP contribution in [0.5, 0.6) is 0 Å². The highest BCUT2D eigenvalue weighted by atomic mass is 16.5. The van der Waals surface area contributed by atoms with Crippen molar-refractivity contribution in [3.8, 4) is 0 Å². The van der Waals surface area contributed by atoms with Gasteiger partial charge in [0.05, 0.1) is 12.7 Å². The SMILES string of the molecule is CCNC(C)(CCCN1CCCC(OC)C1)C(=O)OCC. The van der Waals surface area contributed by atoms with Crippen molar-refractivity contribution in [2.75, 3.05) is 39.9 Å². The number of carbonyl (C=O) groups excluding carboxylic acids is 1. The molecule has 0 radical (unpaired) electrons. The third-order valence-corrected chi connectivity index (χ3v) is 4.24. The van der Waals surface area contributed by atoms with Crippen LogP contribution in [0.25, 0.3) is 0 Å². The molecule has 0 aromatic heterocycles. The smallest absolute Gasteiger partial charge is 0.326 e. The molecule has 1 saturated heterocycles. The van der Waals surface area contributed by atoms with Gasteiger partial charge in [0.25, 0.3) is 0 Å². The molecule has 1 aliphatic heterocycles. The van der Waals surface area contributed by atoms with Crippen LogP contribution < -0.4 is 5.32 Å². The van der Waals surface area contributed by atoms with Gasteiger partial charge in [-0.05, 0) is 59.2 Å². The van der Waals surface area contributed by atoms with Gasteiger partial charge in [-0.15, -0.1) is 0 Å². The van der Waals surface area contributed by atoms with E-state index in [4.69, 9.17) is 9.47 Å². The summed E-state index contributed by atoms with van der Waals surface area (Å²) in [6.07, 6.45) is 4.50. The standard InChI is InChI=1S/C16H32N2O3/c1-5-17-16(3,15(19)21-6-2)10-8-12-18-11-7-9-14(13-18)20-4/h14,17H,5-13H2,1-4H3. The van der Waals surface area contributed by atoms with Gasteiger partial charge < -0.3 is 19.7 Å². The summed E-state index contributed by atoms with van der Waals surface area (Å²) in [6.45, 7) is 10.2. The number of ether oxygens (including phenoxy) is 2. The zero-order valence-corrected chi connectivity index (χ0v) is 14.1. The molecule has 124 valence electrons. The van der Waals surface area contributed by atoms with E-state index < -0.39 is 5.54 Å². The second-order valence-electron chi connectivity index (χ2n) is 5.99. The van der Waals surface area contributed by atoms with Crippen LogP contribution >= 0.6 is 0 Å². The van der Waals surface area contributed by atoms with Crippen molar-refractivity contribution in [3.05, 3.63) is 0 Å². The number of nitrogens with zero attached hydrogens (tertiary/aromatic N) is 1. The van der Waals surface area contributed by atoms with Crippen LogP contribution in [-0.4, -0.2) is 62.4 Å². The van der Waals surface area contributed by atoms with Crippen LogP contribution in [0, 0.1) is 0 Å². The van der Waals surface area contributed by atoms with Crippen LogP contribution in [0.3, 0.4) is 0 Å². The maximum atomic E-state index is 12.1. The Morgan fingerprint density at radius 3 is 2.81 bits per heavy atom. The molecule has 5 heteroatoms. The number of likely N-dealkylation sites (tertiary alicyclic amines) is 1. The lowest BCUT2D eigenvalue weighted by atomic mass is 9.95. The van der Waals surface area contributed by atoms with Gasteiger partial charge in [0.1, 0.15) is 5.54 Å². The molecule has 5 nitrogen and oxygen atoms in total. The number of piperidine rings is 1. The summed E-state index contributed by atoms with van der Waals surface area (Å²) in [6, 6.07) is 0. The molecule has 0 aromatic rings. The summed E-state index contributed by atoms with van der Waals surface area (Å²) in [5, 5.41) is 3.28. The van der Waals surface area contributed by atoms with Crippen molar-refractivity contribution < 1.29 is 14.3 Å². The van der Waals surface area contributed by atoms with Crippen LogP contribution in [-0.2, 0) is 14.3 Å². The Morgan fingerprint density at radius 2 is 2.19 bits per heavy atom. The van der Waals surface area contributed by atoms with Crippen molar-refractivity contribution in [3.63, 3.8) is 0 Å². The quantitative estimate of drug-likeness (QED) is 0.658. The number of hydrogen-bond acceptors (Lipinski definition) is 5. The molecule has 1 rings (SSSR count). The monoisotopic (exact) mass is 300 g/mol. The lowest BCUT2D eigenvalue weighted by Gasteiger charge is -2.33. The minimum absolute atomic E-state index is 0.139. The van der Waals surface area contributed by atoms with Gasteiger partial charge in [0, 0.05) is 13.7 Å². The molecule has 0 amide bonds. The van der Waals surface area contributed by atoms with E-state index >= 15 is 0 Å². The lowest BCUT2D eigenvalue weighted by molar-refractivity contribution is -0.150. The number of methoxy groups -OCH3 is 1. The zero-order chi connectivity index (χ0) is 15.7. The van der Waals surface area contributed by atoms with E-state index in [1.54, 1.807) is 7.11 Å². The third-order valence-electron chi connectivity index (χ3n) is 4.24. The van der Waals surface area contributed by atoms with Crippen LogP contribution in [0.2, 0.25) is 0 Å². The summed E-state index contributed by atoms with van der Waals surface area (Å²) in [5.74, 6) is -0.139. The first kappa shape index (κ1) is 18.4. The fraction of sp³-hybridized carbons (Fsp3) is 0.938. The van der Waals surface area contributed by atoms with Crippen molar-refractivity contribution in [1.82, 2.24) is 10.2 Å². The Labute approximate surface area is 129 Å². The molecule has 2 atom stereocenters. The lowest BCUT2D eigenvalue weighted by Crippen LogP contribution is -2.51. The number of rotatable bonds is 9. The van der Waals surface area contributed by atoms with Crippen LogP contribution in [0.4, 0.5) is 0 Å². The van der Waals surface area contributed by atoms with E-state index in [1.165, 1.54) is 6.42 Å². The van der Waals surface area contributed by atoms with Gasteiger partial charge in [-0.1, -0.05) is 6.92 Å². The molecule has 1 fully saturated rings. The minimum atomic E-state index is -0.568. The molecule has 2 unspecified atom stereocenters. The Hall–Kier alpha value is -0.650. The van der Waals surface area contributed by atoms with Gasteiger partial charge in [-0.2, -0.15) is 0 Å². The summed E-state index contributed by atoms with van der Waals surface area (Å²) in [4.78, 5) is 14.6. The van der Waals surface area contributed by atoms with E-state index in [2.05, 4.69) is 10.2 Å². The summed E-state index contributed by atoms with van der Waals surface area (Å²) in [7, 11) is 1.79. The first-order chi connectivity index (χ1) is 10.1. The summed E-state index contributed by atoms with van der Waals surface area (Å²) in [5.41, 5.74) is -0.568. The van der Waals surface area contributed by atoms with E-state index in [0.717, 1.165) is 45.4 Å². The zero-order valence-electron chi connectivity index (χ0n) is 14.1. The number of hydrogen-bond donors (Lipinski definition) is 1. The molecule has 0 aromatic carbocycles. The second-order valence-corrected chi connectivity index (χ2v) is 5.99. The predicted molar refractivity (Wildman–Crippen MR) is 84.4 cm³/mol. The fourth-order valence-corrected chi connectivity index (χ4v) is 3.01. The molecular formula is C16H32N2O3. The topological polar surface area (TPSA) is 50.8 Å². The van der Waals surface area contributed by atoms with E-state index in [-0.39, 0.29) is 5.97 Å². The largest absolute Gasteiger partial charge is 0.465 e. The molecule has 0 bridgehead atoms. The molecule has 1 heterocycles. The van der Waals surface area contributed by atoms with Crippen molar-refractivity contribution >= 4 is 5.97 Å². The van der Waals surface area contributed by atoms with Gasteiger partial charge in [-0.3, -0.25) is 4.79 Å². The number of likely N-dealkylation sites (N-methyl/N-ethyl adjacent to an activating group) is 1. The van der Waals surface area contributed by atoms with Gasteiger partial charge in [-0.25, -0.2) is 0 Å². The number of carbonyl (C=O) groups is 1. The van der Waals surface area contributed by atoms with E-state index in [9.17, 15) is 4.79 Å². The van der Waals surface area contributed by atoms with Gasteiger partial charge in [0.2, 0.25) is 0 Å². The van der Waals surface area contributed by atoms with Crippen molar-refractivity contribution in [2.45, 2.75) is 58.1 Å². The first-order valence-electron chi connectivity index (χ1n) is 8.23. The molecular weight excluding hydrogens is 268 g/mol. The number of nitrogens with one attached hydrogen (secondary N) is 1. The average Bonchev–Trinajstić information content (AvgIpc) is 2.48. The van der Waals surface area contributed by atoms with Gasteiger partial charge in [0.15, 0.2) is 0 Å². The van der Waals surface area contributed by atoms with E-state index in [0.29, 0.717) is 12.7 Å². The Kier molecular flexibility index (Phi) is 8.22. The minimum Gasteiger partial charge on any atom is -0.465 e. The summed E-state index contributed by atoms with van der Waals surface area (Å²) < 4.78 is 10.7. The normalized spacial score (nSPS) is 22.8. The maximum Gasteiger partial charge on any atom is 0.326 e. The highest BCUT2D eigenvalue weighted by molar-refractivity contribution is 5.80. The molecule has 1 N–H and O–H groups in total. The third kappa shape index (κ3) is 5.93. The van der Waals surface area contributed by atoms with Crippen molar-refractivity contribution in [1.29, 1.82) is 0 Å². The maximum absolute atomic E-state index is 12.1. The molecule has 0 saturated carbocycles. The number of esters is 1. The fourth-order valence-electron chi connectivity index (χ4n) is 3.01. The first-order valence-corrected chi connectivity index (χ1v) is 8.23. The van der Waals surface area contributed by atoms with Crippen molar-refractivity contribution in [2.24, 2.45) is 0 Å². The highest BCUT2D eigenvalue weighted by Gasteiger charge is 2.33. The Morgan fingerprint density at radius 1 is 1.43 bits per heavy atom. The Bertz CT molecular complexity index is 312. The average molecular weight is 300 g/mol. The second kappa shape index (κ2) is 9.38. The van der Waals surface area contributed by atoms with Crippen LogP contribution in [0.1, 0.15) is 46.5 Å². The molecule has 0 aliphatic carbocycles. The Balaban J connectivity index is 2.40. The van der Waals surface area contributed by atoms with Gasteiger partial charge >= 0.3 is 5.97 Å². The van der Waals surface area contributed by atoms with Crippen LogP contribution in [0.15, 0.2) is 0 Å². The summed E-state index contributed by atoms with van der Waals surface area (Å²) >= 11 is 0. The van der Waals surface area contributed by atoms with E-state index in [1.807, 2.05) is 20.8 Å². The predicted octanol–water partition coefficient (Wildman–Crippen LogP) is 1.81. The highest BCUT2D eigenvalue weighted by Crippen LogP contribution is 2.17. The molecule has 0 spiro atoms. The molecule has 1 aliphatic rings. The molecule has 21 heavy (non-hydrogen) atoms.